The third-order valence-corrected chi connectivity index (χ3v) is 3.56. The Kier molecular flexibility index (Phi) is 4.98. The fourth-order valence-corrected chi connectivity index (χ4v) is 2.42. The number of hydrogen-bond donors (Lipinski definition) is 3. The first kappa shape index (κ1) is 17.2. The number of nitrogens with one attached hydrogen (secondary N) is 2. The molecule has 0 unspecified atom stereocenters. The summed E-state index contributed by atoms with van der Waals surface area (Å²) in [5.74, 6) is 1.51. The molecule has 7 heteroatoms. The number of hydrogen-bond acceptors (Lipinski definition) is 6. The summed E-state index contributed by atoms with van der Waals surface area (Å²) in [5, 5.41) is 15.4. The Morgan fingerprint density at radius 2 is 1.58 bits per heavy atom. The number of methoxy groups -OCH3 is 1. The SMILES string of the molecule is COc1cccc(Nc2cc(Nc3cccc(C(=O)O)c3)nc(C)n2)c1. The summed E-state index contributed by atoms with van der Waals surface area (Å²) in [6, 6.07) is 15.8. The molecule has 0 saturated carbocycles. The number of aromatic carboxylic acids is 1. The van der Waals surface area contributed by atoms with Gasteiger partial charge in [0.2, 0.25) is 0 Å². The summed E-state index contributed by atoms with van der Waals surface area (Å²) in [7, 11) is 1.61. The molecule has 2 aromatic carbocycles. The van der Waals surface area contributed by atoms with Gasteiger partial charge in [0.15, 0.2) is 0 Å². The van der Waals surface area contributed by atoms with E-state index in [0.29, 0.717) is 23.1 Å². The summed E-state index contributed by atoms with van der Waals surface area (Å²) >= 11 is 0. The third kappa shape index (κ3) is 4.27. The maximum atomic E-state index is 11.1. The second kappa shape index (κ2) is 7.52. The number of carboxylic acids is 1. The van der Waals surface area contributed by atoms with Crippen molar-refractivity contribution in [1.82, 2.24) is 9.97 Å². The number of aromatic nitrogens is 2. The molecule has 0 aliphatic heterocycles. The molecule has 7 nitrogen and oxygen atoms in total. The number of nitrogens with zero attached hydrogens (tertiary/aromatic N) is 2. The minimum absolute atomic E-state index is 0.204. The van der Waals surface area contributed by atoms with Crippen molar-refractivity contribution in [2.75, 3.05) is 17.7 Å². The molecule has 3 N–H and O–H groups in total. The van der Waals surface area contributed by atoms with Crippen LogP contribution in [0.15, 0.2) is 54.6 Å². The van der Waals surface area contributed by atoms with Crippen molar-refractivity contribution in [1.29, 1.82) is 0 Å². The summed E-state index contributed by atoms with van der Waals surface area (Å²) in [4.78, 5) is 19.8. The van der Waals surface area contributed by atoms with E-state index < -0.39 is 5.97 Å². The molecule has 0 spiro atoms. The van der Waals surface area contributed by atoms with Crippen LogP contribution in [0.5, 0.6) is 5.75 Å². The largest absolute Gasteiger partial charge is 0.497 e. The summed E-state index contributed by atoms with van der Waals surface area (Å²) in [6.07, 6.45) is 0. The highest BCUT2D eigenvalue weighted by atomic mass is 16.5. The van der Waals surface area contributed by atoms with Crippen molar-refractivity contribution in [3.05, 3.63) is 66.0 Å². The fraction of sp³-hybridized carbons (Fsp3) is 0.105. The number of aryl methyl sites for hydroxylation is 1. The van der Waals surface area contributed by atoms with Gasteiger partial charge >= 0.3 is 5.97 Å². The number of ether oxygens (including phenoxy) is 1. The second-order valence-electron chi connectivity index (χ2n) is 5.55. The number of carboxylic acid groups (broad SMARTS) is 1. The van der Waals surface area contributed by atoms with Crippen molar-refractivity contribution >= 4 is 29.0 Å². The Balaban J connectivity index is 1.83. The first-order chi connectivity index (χ1) is 12.5. The van der Waals surface area contributed by atoms with Gasteiger partial charge < -0.3 is 20.5 Å². The van der Waals surface area contributed by atoms with Crippen molar-refractivity contribution in [3.63, 3.8) is 0 Å². The van der Waals surface area contributed by atoms with Gasteiger partial charge in [0.25, 0.3) is 0 Å². The smallest absolute Gasteiger partial charge is 0.335 e. The Labute approximate surface area is 150 Å². The molecule has 3 rings (SSSR count). The quantitative estimate of drug-likeness (QED) is 0.619. The van der Waals surface area contributed by atoms with Crippen molar-refractivity contribution in [2.45, 2.75) is 6.92 Å². The van der Waals surface area contributed by atoms with Crippen molar-refractivity contribution < 1.29 is 14.6 Å². The normalized spacial score (nSPS) is 10.2. The zero-order valence-corrected chi connectivity index (χ0v) is 14.4. The standard InChI is InChI=1S/C19H18N4O3/c1-12-20-17(22-14-6-3-5-13(9-14)19(24)25)11-18(21-12)23-15-7-4-8-16(10-15)26-2/h3-11H,1-2H3,(H,24,25)(H2,20,21,22,23). The highest BCUT2D eigenvalue weighted by Crippen LogP contribution is 2.23. The van der Waals surface area contributed by atoms with E-state index in [1.54, 1.807) is 38.3 Å². The van der Waals surface area contributed by atoms with Crippen LogP contribution in [0.4, 0.5) is 23.0 Å². The van der Waals surface area contributed by atoms with E-state index in [2.05, 4.69) is 20.6 Å². The van der Waals surface area contributed by atoms with Gasteiger partial charge in [-0.15, -0.1) is 0 Å². The van der Waals surface area contributed by atoms with Crippen molar-refractivity contribution in [3.8, 4) is 5.75 Å². The van der Waals surface area contributed by atoms with Gasteiger partial charge in [-0.2, -0.15) is 0 Å². The second-order valence-corrected chi connectivity index (χ2v) is 5.55. The first-order valence-corrected chi connectivity index (χ1v) is 7.90. The van der Waals surface area contributed by atoms with E-state index in [-0.39, 0.29) is 5.56 Å². The molecule has 0 aliphatic rings. The molecule has 26 heavy (non-hydrogen) atoms. The Morgan fingerprint density at radius 3 is 2.19 bits per heavy atom. The number of anilines is 4. The van der Waals surface area contributed by atoms with Gasteiger partial charge in [0.05, 0.1) is 12.7 Å². The van der Waals surface area contributed by atoms with E-state index in [1.165, 1.54) is 6.07 Å². The average molecular weight is 350 g/mol. The lowest BCUT2D eigenvalue weighted by Crippen LogP contribution is -2.02. The maximum Gasteiger partial charge on any atom is 0.335 e. The molecule has 0 aliphatic carbocycles. The fourth-order valence-electron chi connectivity index (χ4n) is 2.42. The monoisotopic (exact) mass is 350 g/mol. The lowest BCUT2D eigenvalue weighted by molar-refractivity contribution is 0.0697. The number of benzene rings is 2. The topological polar surface area (TPSA) is 96.4 Å². The van der Waals surface area contributed by atoms with Crippen LogP contribution in [-0.4, -0.2) is 28.2 Å². The van der Waals surface area contributed by atoms with Gasteiger partial charge in [-0.3, -0.25) is 0 Å². The molecule has 132 valence electrons. The van der Waals surface area contributed by atoms with Gasteiger partial charge in [-0.25, -0.2) is 14.8 Å². The highest BCUT2D eigenvalue weighted by molar-refractivity contribution is 5.89. The average Bonchev–Trinajstić information content (AvgIpc) is 2.61. The molecule has 0 atom stereocenters. The van der Waals surface area contributed by atoms with Crippen LogP contribution in [0.1, 0.15) is 16.2 Å². The molecule has 0 saturated heterocycles. The lowest BCUT2D eigenvalue weighted by Gasteiger charge is -2.11. The van der Waals surface area contributed by atoms with Crippen LogP contribution in [0.25, 0.3) is 0 Å². The minimum Gasteiger partial charge on any atom is -0.497 e. The van der Waals surface area contributed by atoms with E-state index >= 15 is 0 Å². The van der Waals surface area contributed by atoms with Gasteiger partial charge in [0, 0.05) is 23.5 Å². The maximum absolute atomic E-state index is 11.1. The molecule has 1 heterocycles. The molecule has 3 aromatic rings. The molecule has 0 amide bonds. The molecule has 1 aromatic heterocycles. The van der Waals surface area contributed by atoms with Crippen LogP contribution in [0, 0.1) is 6.92 Å². The van der Waals surface area contributed by atoms with E-state index in [1.807, 2.05) is 24.3 Å². The van der Waals surface area contributed by atoms with Gasteiger partial charge in [-0.1, -0.05) is 12.1 Å². The van der Waals surface area contributed by atoms with Gasteiger partial charge in [-0.05, 0) is 37.3 Å². The Hall–Kier alpha value is -3.61. The highest BCUT2D eigenvalue weighted by Gasteiger charge is 2.06. The zero-order chi connectivity index (χ0) is 18.5. The molecular weight excluding hydrogens is 332 g/mol. The molecule has 0 bridgehead atoms. The third-order valence-electron chi connectivity index (χ3n) is 3.56. The van der Waals surface area contributed by atoms with Gasteiger partial charge in [0.1, 0.15) is 23.2 Å². The summed E-state index contributed by atoms with van der Waals surface area (Å²) in [5.41, 5.74) is 1.67. The van der Waals surface area contributed by atoms with Crippen LogP contribution in [0.2, 0.25) is 0 Å². The van der Waals surface area contributed by atoms with Crippen LogP contribution in [-0.2, 0) is 0 Å². The zero-order valence-electron chi connectivity index (χ0n) is 14.4. The number of rotatable bonds is 6. The summed E-state index contributed by atoms with van der Waals surface area (Å²) < 4.78 is 5.22. The van der Waals surface area contributed by atoms with Crippen LogP contribution < -0.4 is 15.4 Å². The van der Waals surface area contributed by atoms with E-state index in [4.69, 9.17) is 9.84 Å². The first-order valence-electron chi connectivity index (χ1n) is 7.90. The Morgan fingerprint density at radius 1 is 0.962 bits per heavy atom. The van der Waals surface area contributed by atoms with Crippen LogP contribution >= 0.6 is 0 Å². The summed E-state index contributed by atoms with van der Waals surface area (Å²) in [6.45, 7) is 1.79. The molecule has 0 radical (unpaired) electrons. The lowest BCUT2D eigenvalue weighted by atomic mass is 10.2. The predicted octanol–water partition coefficient (Wildman–Crippen LogP) is 3.98. The molecular formula is C19H18N4O3. The predicted molar refractivity (Wildman–Crippen MR) is 99.7 cm³/mol. The Bertz CT molecular complexity index is 944. The van der Waals surface area contributed by atoms with Crippen molar-refractivity contribution in [2.24, 2.45) is 0 Å². The molecule has 0 fully saturated rings. The van der Waals surface area contributed by atoms with E-state index in [0.717, 1.165) is 11.4 Å². The van der Waals surface area contributed by atoms with E-state index in [9.17, 15) is 4.79 Å². The minimum atomic E-state index is -0.979. The number of carbonyl (C=O) groups is 1. The van der Waals surface area contributed by atoms with Crippen LogP contribution in [0.3, 0.4) is 0 Å².